The molecule has 1 aromatic heterocycles. The monoisotopic (exact) mass is 236 g/mol. The van der Waals surface area contributed by atoms with Gasteiger partial charge in [0.2, 0.25) is 0 Å². The third kappa shape index (κ3) is 4.13. The van der Waals surface area contributed by atoms with E-state index in [0.717, 1.165) is 25.2 Å². The van der Waals surface area contributed by atoms with Crippen molar-refractivity contribution in [2.75, 3.05) is 27.2 Å². The van der Waals surface area contributed by atoms with Gasteiger partial charge in [0.15, 0.2) is 0 Å². The Morgan fingerprint density at radius 3 is 3.00 bits per heavy atom. The predicted molar refractivity (Wildman–Crippen MR) is 67.6 cm³/mol. The molecule has 3 N–H and O–H groups in total. The zero-order chi connectivity index (χ0) is 12.7. The van der Waals surface area contributed by atoms with Crippen LogP contribution in [0.5, 0.6) is 0 Å². The number of hydrogen-bond donors (Lipinski definition) is 2. The van der Waals surface area contributed by atoms with Crippen LogP contribution in [0.15, 0.2) is 18.3 Å². The van der Waals surface area contributed by atoms with Crippen molar-refractivity contribution in [3.05, 3.63) is 29.6 Å². The van der Waals surface area contributed by atoms with Gasteiger partial charge in [0.05, 0.1) is 5.69 Å². The molecule has 1 rings (SSSR count). The number of nitrogens with two attached hydrogens (primary N) is 1. The highest BCUT2D eigenvalue weighted by atomic mass is 16.2. The third-order valence-electron chi connectivity index (χ3n) is 2.54. The van der Waals surface area contributed by atoms with Crippen LogP contribution in [0.3, 0.4) is 0 Å². The Hall–Kier alpha value is -1.46. The summed E-state index contributed by atoms with van der Waals surface area (Å²) in [6.45, 7) is 1.99. The van der Waals surface area contributed by atoms with Crippen molar-refractivity contribution in [3.8, 4) is 0 Å². The van der Waals surface area contributed by atoms with Crippen LogP contribution >= 0.6 is 0 Å². The number of aromatic nitrogens is 1. The molecule has 5 heteroatoms. The minimum absolute atomic E-state index is 0.0122. The van der Waals surface area contributed by atoms with Gasteiger partial charge in [0.25, 0.3) is 5.91 Å². The van der Waals surface area contributed by atoms with Crippen LogP contribution in [0.2, 0.25) is 0 Å². The van der Waals surface area contributed by atoms with Crippen molar-refractivity contribution in [1.29, 1.82) is 0 Å². The van der Waals surface area contributed by atoms with Gasteiger partial charge in [-0.1, -0.05) is 0 Å². The molecule has 0 fully saturated rings. The van der Waals surface area contributed by atoms with Gasteiger partial charge >= 0.3 is 0 Å². The fraction of sp³-hybridized carbons (Fsp3) is 0.500. The molecule has 0 aliphatic heterocycles. The first-order valence-electron chi connectivity index (χ1n) is 5.74. The quantitative estimate of drug-likeness (QED) is 0.693. The summed E-state index contributed by atoms with van der Waals surface area (Å²) in [5.74, 6) is 0.0122. The maximum atomic E-state index is 12.0. The Balaban J connectivity index is 2.61. The van der Waals surface area contributed by atoms with E-state index >= 15 is 0 Å². The van der Waals surface area contributed by atoms with Crippen molar-refractivity contribution in [2.45, 2.75) is 13.0 Å². The second-order valence-corrected chi connectivity index (χ2v) is 3.92. The standard InChI is InChI=1S/C12H20N4O/c1-14-5-3-7-16(2)12(17)10-4-6-15-11(8-10)9-13/h4,6,8,14H,3,5,7,9,13H2,1-2H3. The van der Waals surface area contributed by atoms with Gasteiger partial charge in [-0.15, -0.1) is 0 Å². The highest BCUT2D eigenvalue weighted by Crippen LogP contribution is 2.05. The number of pyridine rings is 1. The molecule has 0 spiro atoms. The Morgan fingerprint density at radius 2 is 2.35 bits per heavy atom. The van der Waals surface area contributed by atoms with Crippen molar-refractivity contribution in [2.24, 2.45) is 5.73 Å². The second kappa shape index (κ2) is 6.98. The van der Waals surface area contributed by atoms with E-state index in [1.807, 2.05) is 7.05 Å². The SMILES string of the molecule is CNCCCN(C)C(=O)c1ccnc(CN)c1. The van der Waals surface area contributed by atoms with Crippen LogP contribution in [0.1, 0.15) is 22.5 Å². The van der Waals surface area contributed by atoms with Crippen LogP contribution in [0, 0.1) is 0 Å². The Labute approximate surface area is 102 Å². The molecule has 1 heterocycles. The molecule has 1 aromatic rings. The van der Waals surface area contributed by atoms with E-state index < -0.39 is 0 Å². The summed E-state index contributed by atoms with van der Waals surface area (Å²) < 4.78 is 0. The number of nitrogens with zero attached hydrogens (tertiary/aromatic N) is 2. The first-order chi connectivity index (χ1) is 8.19. The average molecular weight is 236 g/mol. The smallest absolute Gasteiger partial charge is 0.253 e. The molecule has 94 valence electrons. The van der Waals surface area contributed by atoms with Crippen LogP contribution < -0.4 is 11.1 Å². The topological polar surface area (TPSA) is 71.2 Å². The Morgan fingerprint density at radius 1 is 1.59 bits per heavy atom. The maximum Gasteiger partial charge on any atom is 0.253 e. The molecule has 0 aliphatic rings. The number of carbonyl (C=O) groups excluding carboxylic acids is 1. The number of carbonyl (C=O) groups is 1. The molecule has 0 unspecified atom stereocenters. The van der Waals surface area contributed by atoms with Gasteiger partial charge in [-0.3, -0.25) is 9.78 Å². The zero-order valence-electron chi connectivity index (χ0n) is 10.4. The van der Waals surface area contributed by atoms with Crippen molar-refractivity contribution in [3.63, 3.8) is 0 Å². The number of rotatable bonds is 6. The van der Waals surface area contributed by atoms with E-state index in [1.54, 1.807) is 30.3 Å². The van der Waals surface area contributed by atoms with Gasteiger partial charge in [-0.2, -0.15) is 0 Å². The predicted octanol–water partition coefficient (Wildman–Crippen LogP) is 0.222. The third-order valence-corrected chi connectivity index (χ3v) is 2.54. The second-order valence-electron chi connectivity index (χ2n) is 3.92. The molecule has 0 aromatic carbocycles. The molecule has 1 amide bonds. The van der Waals surface area contributed by atoms with Crippen LogP contribution in [0.25, 0.3) is 0 Å². The molecular weight excluding hydrogens is 216 g/mol. The van der Waals surface area contributed by atoms with Crippen LogP contribution in [-0.4, -0.2) is 43.0 Å². The average Bonchev–Trinajstić information content (AvgIpc) is 2.38. The highest BCUT2D eigenvalue weighted by molar-refractivity contribution is 5.94. The van der Waals surface area contributed by atoms with Gasteiger partial charge in [-0.05, 0) is 32.1 Å². The van der Waals surface area contributed by atoms with E-state index in [2.05, 4.69) is 10.3 Å². The first kappa shape index (κ1) is 13.6. The lowest BCUT2D eigenvalue weighted by molar-refractivity contribution is 0.0793. The molecular formula is C12H20N4O. The van der Waals surface area contributed by atoms with Gasteiger partial charge in [-0.25, -0.2) is 0 Å². The summed E-state index contributed by atoms with van der Waals surface area (Å²) in [7, 11) is 3.71. The van der Waals surface area contributed by atoms with Gasteiger partial charge < -0.3 is 16.0 Å². The number of amides is 1. The summed E-state index contributed by atoms with van der Waals surface area (Å²) in [6.07, 6.45) is 2.56. The fourth-order valence-corrected chi connectivity index (χ4v) is 1.54. The van der Waals surface area contributed by atoms with E-state index in [9.17, 15) is 4.79 Å². The minimum atomic E-state index is 0.0122. The molecule has 17 heavy (non-hydrogen) atoms. The molecule has 0 bridgehead atoms. The van der Waals surface area contributed by atoms with Gasteiger partial charge in [0.1, 0.15) is 0 Å². The lowest BCUT2D eigenvalue weighted by Crippen LogP contribution is -2.29. The van der Waals surface area contributed by atoms with Gasteiger partial charge in [0, 0.05) is 31.9 Å². The molecule has 5 nitrogen and oxygen atoms in total. The largest absolute Gasteiger partial charge is 0.342 e. The molecule has 0 radical (unpaired) electrons. The van der Waals surface area contributed by atoms with Crippen LogP contribution in [-0.2, 0) is 6.54 Å². The summed E-state index contributed by atoms with van der Waals surface area (Å²) in [5, 5.41) is 3.06. The van der Waals surface area contributed by atoms with E-state index in [0.29, 0.717) is 12.1 Å². The summed E-state index contributed by atoms with van der Waals surface area (Å²) >= 11 is 0. The van der Waals surface area contributed by atoms with Crippen molar-refractivity contribution in [1.82, 2.24) is 15.2 Å². The fourth-order valence-electron chi connectivity index (χ4n) is 1.54. The lowest BCUT2D eigenvalue weighted by Gasteiger charge is -2.17. The maximum absolute atomic E-state index is 12.0. The Bertz CT molecular complexity index is 367. The molecule has 0 saturated heterocycles. The lowest BCUT2D eigenvalue weighted by atomic mass is 10.2. The normalized spacial score (nSPS) is 10.3. The molecule has 0 saturated carbocycles. The summed E-state index contributed by atoms with van der Waals surface area (Å²) in [6, 6.07) is 3.47. The zero-order valence-corrected chi connectivity index (χ0v) is 10.4. The summed E-state index contributed by atoms with van der Waals surface area (Å²) in [5.41, 5.74) is 6.88. The highest BCUT2D eigenvalue weighted by Gasteiger charge is 2.11. The molecule has 0 aliphatic carbocycles. The molecule has 0 atom stereocenters. The van der Waals surface area contributed by atoms with Crippen molar-refractivity contribution < 1.29 is 4.79 Å². The Kier molecular flexibility index (Phi) is 5.59. The van der Waals surface area contributed by atoms with E-state index in [4.69, 9.17) is 5.73 Å². The van der Waals surface area contributed by atoms with Crippen molar-refractivity contribution >= 4 is 5.91 Å². The van der Waals surface area contributed by atoms with Crippen LogP contribution in [0.4, 0.5) is 0 Å². The number of hydrogen-bond acceptors (Lipinski definition) is 4. The van der Waals surface area contributed by atoms with E-state index in [-0.39, 0.29) is 5.91 Å². The van der Waals surface area contributed by atoms with E-state index in [1.165, 1.54) is 0 Å². The number of nitrogens with one attached hydrogen (secondary N) is 1. The summed E-state index contributed by atoms with van der Waals surface area (Å²) in [4.78, 5) is 17.8. The minimum Gasteiger partial charge on any atom is -0.342 e. The first-order valence-corrected chi connectivity index (χ1v) is 5.74.